The van der Waals surface area contributed by atoms with Gasteiger partial charge in [0, 0.05) is 6.04 Å². The molecule has 1 amide bonds. The maximum absolute atomic E-state index is 12.1. The van der Waals surface area contributed by atoms with E-state index in [4.69, 9.17) is 18.0 Å². The number of hydrogen-bond acceptors (Lipinski definition) is 2. The Morgan fingerprint density at radius 1 is 1.62 bits per heavy atom. The molecule has 2 atom stereocenters. The van der Waals surface area contributed by atoms with Gasteiger partial charge < -0.3 is 11.1 Å². The van der Waals surface area contributed by atoms with Gasteiger partial charge in [0.15, 0.2) is 0 Å². The predicted molar refractivity (Wildman–Crippen MR) is 70.1 cm³/mol. The number of carbonyl (C=O) groups is 1. The van der Waals surface area contributed by atoms with Crippen LogP contribution in [0.4, 0.5) is 0 Å². The highest BCUT2D eigenvalue weighted by Crippen LogP contribution is 2.33. The van der Waals surface area contributed by atoms with Gasteiger partial charge in [-0.3, -0.25) is 4.79 Å². The second kappa shape index (κ2) is 5.13. The molecule has 2 unspecified atom stereocenters. The Bertz CT molecular complexity index is 289. The highest BCUT2D eigenvalue weighted by molar-refractivity contribution is 7.80. The van der Waals surface area contributed by atoms with Gasteiger partial charge >= 0.3 is 0 Å². The average molecular weight is 242 g/mol. The minimum absolute atomic E-state index is 0.0318. The van der Waals surface area contributed by atoms with Crippen molar-refractivity contribution in [3.05, 3.63) is 0 Å². The molecule has 0 spiro atoms. The van der Waals surface area contributed by atoms with Gasteiger partial charge in [-0.1, -0.05) is 32.0 Å². The number of amides is 1. The van der Waals surface area contributed by atoms with Crippen LogP contribution < -0.4 is 11.1 Å². The molecule has 0 aromatic heterocycles. The van der Waals surface area contributed by atoms with E-state index in [1.807, 2.05) is 20.8 Å². The van der Waals surface area contributed by atoms with Crippen molar-refractivity contribution in [2.45, 2.75) is 52.5 Å². The monoisotopic (exact) mass is 242 g/mol. The van der Waals surface area contributed by atoms with Crippen LogP contribution in [0.5, 0.6) is 0 Å². The van der Waals surface area contributed by atoms with Gasteiger partial charge in [-0.2, -0.15) is 0 Å². The lowest BCUT2D eigenvalue weighted by atomic mass is 9.86. The van der Waals surface area contributed by atoms with E-state index in [1.54, 1.807) is 0 Å². The Morgan fingerprint density at radius 3 is 2.56 bits per heavy atom. The largest absolute Gasteiger partial charge is 0.392 e. The quantitative estimate of drug-likeness (QED) is 0.700. The van der Waals surface area contributed by atoms with Crippen LogP contribution in [0.3, 0.4) is 0 Å². The molecule has 0 radical (unpaired) electrons. The first-order valence-corrected chi connectivity index (χ1v) is 6.41. The lowest BCUT2D eigenvalue weighted by molar-refractivity contribution is -0.127. The number of rotatable bonds is 6. The first kappa shape index (κ1) is 13.4. The minimum Gasteiger partial charge on any atom is -0.392 e. The Labute approximate surface area is 103 Å². The smallest absolute Gasteiger partial charge is 0.232 e. The van der Waals surface area contributed by atoms with Crippen molar-refractivity contribution in [2.24, 2.45) is 17.1 Å². The Kier molecular flexibility index (Phi) is 4.30. The molecule has 92 valence electrons. The molecule has 0 heterocycles. The fourth-order valence-corrected chi connectivity index (χ4v) is 1.98. The van der Waals surface area contributed by atoms with Gasteiger partial charge in [-0.05, 0) is 32.6 Å². The van der Waals surface area contributed by atoms with Crippen molar-refractivity contribution in [3.63, 3.8) is 0 Å². The van der Waals surface area contributed by atoms with E-state index in [-0.39, 0.29) is 16.9 Å². The summed E-state index contributed by atoms with van der Waals surface area (Å²) in [5, 5.41) is 3.02. The Balaban J connectivity index is 2.50. The zero-order valence-electron chi connectivity index (χ0n) is 10.4. The molecule has 1 aliphatic carbocycles. The van der Waals surface area contributed by atoms with E-state index in [0.29, 0.717) is 6.42 Å². The standard InChI is InChI=1S/C12H22N2OS/c1-4-12(3,10(13)16)11(15)14-8(2)7-9-5-6-9/h8-9H,4-7H2,1-3H3,(H2,13,16)(H,14,15). The molecule has 1 rings (SSSR count). The molecule has 0 aliphatic heterocycles. The van der Waals surface area contributed by atoms with E-state index in [2.05, 4.69) is 5.32 Å². The average Bonchev–Trinajstić information content (AvgIpc) is 2.99. The number of hydrogen-bond donors (Lipinski definition) is 2. The molecule has 16 heavy (non-hydrogen) atoms. The molecule has 0 aromatic carbocycles. The summed E-state index contributed by atoms with van der Waals surface area (Å²) in [6.45, 7) is 5.80. The molecule has 0 aromatic rings. The van der Waals surface area contributed by atoms with Gasteiger partial charge in [-0.15, -0.1) is 0 Å². The summed E-state index contributed by atoms with van der Waals surface area (Å²) < 4.78 is 0. The molecular formula is C12H22N2OS. The highest BCUT2D eigenvalue weighted by atomic mass is 32.1. The molecule has 4 heteroatoms. The summed E-state index contributed by atoms with van der Waals surface area (Å²) in [7, 11) is 0. The normalized spacial score (nSPS) is 20.9. The van der Waals surface area contributed by atoms with Crippen LogP contribution in [0.2, 0.25) is 0 Å². The summed E-state index contributed by atoms with van der Waals surface area (Å²) in [5.41, 5.74) is 4.94. The molecule has 3 nitrogen and oxygen atoms in total. The zero-order valence-corrected chi connectivity index (χ0v) is 11.2. The first-order chi connectivity index (χ1) is 7.40. The van der Waals surface area contributed by atoms with Crippen LogP contribution in [0.25, 0.3) is 0 Å². The van der Waals surface area contributed by atoms with E-state index in [9.17, 15) is 4.79 Å². The second-order valence-electron chi connectivity index (χ2n) is 5.10. The summed E-state index contributed by atoms with van der Waals surface area (Å²) in [5.74, 6) is 0.781. The van der Waals surface area contributed by atoms with Gasteiger partial charge in [0.05, 0.1) is 10.4 Å². The number of thiocarbonyl (C=S) groups is 1. The molecule has 1 fully saturated rings. The van der Waals surface area contributed by atoms with Crippen molar-refractivity contribution in [1.82, 2.24) is 5.32 Å². The van der Waals surface area contributed by atoms with Crippen LogP contribution in [-0.4, -0.2) is 16.9 Å². The molecular weight excluding hydrogens is 220 g/mol. The highest BCUT2D eigenvalue weighted by Gasteiger charge is 2.35. The van der Waals surface area contributed by atoms with Crippen molar-refractivity contribution in [3.8, 4) is 0 Å². The summed E-state index contributed by atoms with van der Waals surface area (Å²) in [6.07, 6.45) is 4.33. The summed E-state index contributed by atoms with van der Waals surface area (Å²) in [4.78, 5) is 12.4. The first-order valence-electron chi connectivity index (χ1n) is 6.01. The Hall–Kier alpha value is -0.640. The molecule has 3 N–H and O–H groups in total. The molecule has 1 aliphatic rings. The summed E-state index contributed by atoms with van der Waals surface area (Å²) in [6, 6.07) is 0.222. The lowest BCUT2D eigenvalue weighted by Crippen LogP contribution is -2.49. The van der Waals surface area contributed by atoms with Crippen LogP contribution in [0.15, 0.2) is 0 Å². The van der Waals surface area contributed by atoms with Gasteiger partial charge in [0.25, 0.3) is 0 Å². The molecule has 0 saturated heterocycles. The van der Waals surface area contributed by atoms with Gasteiger partial charge in [0.1, 0.15) is 0 Å². The van der Waals surface area contributed by atoms with E-state index in [1.165, 1.54) is 12.8 Å². The van der Waals surface area contributed by atoms with Crippen LogP contribution >= 0.6 is 12.2 Å². The van der Waals surface area contributed by atoms with Gasteiger partial charge in [0.2, 0.25) is 5.91 Å². The van der Waals surface area contributed by atoms with Crippen molar-refractivity contribution in [2.75, 3.05) is 0 Å². The third-order valence-corrected chi connectivity index (χ3v) is 3.96. The fraction of sp³-hybridized carbons (Fsp3) is 0.833. The second-order valence-corrected chi connectivity index (χ2v) is 5.54. The molecule has 0 bridgehead atoms. The molecule has 1 saturated carbocycles. The van der Waals surface area contributed by atoms with Crippen molar-refractivity contribution >= 4 is 23.1 Å². The van der Waals surface area contributed by atoms with Crippen LogP contribution in [0, 0.1) is 11.3 Å². The van der Waals surface area contributed by atoms with E-state index >= 15 is 0 Å². The third kappa shape index (κ3) is 3.17. The predicted octanol–water partition coefficient (Wildman–Crippen LogP) is 1.99. The Morgan fingerprint density at radius 2 is 2.19 bits per heavy atom. The SMILES string of the molecule is CCC(C)(C(=O)NC(C)CC1CC1)C(N)=S. The zero-order chi connectivity index (χ0) is 12.3. The third-order valence-electron chi connectivity index (χ3n) is 3.51. The topological polar surface area (TPSA) is 55.1 Å². The maximum Gasteiger partial charge on any atom is 0.232 e. The van der Waals surface area contributed by atoms with Crippen LogP contribution in [-0.2, 0) is 4.79 Å². The number of carbonyl (C=O) groups excluding carboxylic acids is 1. The summed E-state index contributed by atoms with van der Waals surface area (Å²) >= 11 is 4.98. The van der Waals surface area contributed by atoms with Crippen molar-refractivity contribution in [1.29, 1.82) is 0 Å². The lowest BCUT2D eigenvalue weighted by Gasteiger charge is -2.27. The van der Waals surface area contributed by atoms with Crippen LogP contribution in [0.1, 0.15) is 46.5 Å². The van der Waals surface area contributed by atoms with E-state index in [0.717, 1.165) is 12.3 Å². The maximum atomic E-state index is 12.1. The van der Waals surface area contributed by atoms with Gasteiger partial charge in [-0.25, -0.2) is 0 Å². The minimum atomic E-state index is -0.701. The fourth-order valence-electron chi connectivity index (χ4n) is 1.74. The van der Waals surface area contributed by atoms with Crippen molar-refractivity contribution < 1.29 is 4.79 Å². The van der Waals surface area contributed by atoms with E-state index < -0.39 is 5.41 Å². The number of nitrogens with two attached hydrogens (primary N) is 1. The number of nitrogens with one attached hydrogen (secondary N) is 1.